The molecule has 0 radical (unpaired) electrons. The Hall–Kier alpha value is -1.31. The van der Waals surface area contributed by atoms with Crippen LogP contribution in [0.1, 0.15) is 12.8 Å². The van der Waals surface area contributed by atoms with Gasteiger partial charge >= 0.3 is 6.09 Å². The second kappa shape index (κ2) is 6.06. The Balaban J connectivity index is 1.68. The van der Waals surface area contributed by atoms with Crippen LogP contribution >= 0.6 is 11.6 Å². The number of ether oxygens (including phenoxy) is 1. The van der Waals surface area contributed by atoms with Crippen LogP contribution in [0, 0.1) is 0 Å². The van der Waals surface area contributed by atoms with Gasteiger partial charge in [-0.05, 0) is 37.1 Å². The number of amides is 1. The monoisotopic (exact) mass is 344 g/mol. The fourth-order valence-corrected chi connectivity index (χ4v) is 4.48. The van der Waals surface area contributed by atoms with Crippen LogP contribution in [-0.4, -0.2) is 56.0 Å². The summed E-state index contributed by atoms with van der Waals surface area (Å²) in [5, 5.41) is 0.505. The Kier molecular flexibility index (Phi) is 4.29. The van der Waals surface area contributed by atoms with Crippen molar-refractivity contribution in [2.24, 2.45) is 0 Å². The van der Waals surface area contributed by atoms with Gasteiger partial charge in [0, 0.05) is 24.2 Å². The van der Waals surface area contributed by atoms with Crippen LogP contribution in [-0.2, 0) is 14.8 Å². The lowest BCUT2D eigenvalue weighted by Crippen LogP contribution is -2.47. The van der Waals surface area contributed by atoms with E-state index in [1.54, 1.807) is 17.0 Å². The third kappa shape index (κ3) is 2.93. The molecule has 0 bridgehead atoms. The van der Waals surface area contributed by atoms with E-state index in [1.807, 2.05) is 0 Å². The molecule has 0 spiro atoms. The number of benzene rings is 1. The highest BCUT2D eigenvalue weighted by atomic mass is 35.5. The fourth-order valence-electron chi connectivity index (χ4n) is 2.89. The van der Waals surface area contributed by atoms with Gasteiger partial charge in [-0.3, -0.25) is 0 Å². The Morgan fingerprint density at radius 3 is 2.27 bits per heavy atom. The van der Waals surface area contributed by atoms with Gasteiger partial charge in [0.2, 0.25) is 10.0 Å². The lowest BCUT2D eigenvalue weighted by atomic mass is 10.1. The number of nitrogens with zero attached hydrogens (tertiary/aromatic N) is 2. The van der Waals surface area contributed by atoms with Crippen LogP contribution in [0.5, 0.6) is 0 Å². The molecule has 22 heavy (non-hydrogen) atoms. The molecule has 2 aliphatic rings. The summed E-state index contributed by atoms with van der Waals surface area (Å²) in [4.78, 5) is 13.5. The van der Waals surface area contributed by atoms with Gasteiger partial charge in [0.1, 0.15) is 6.61 Å². The van der Waals surface area contributed by atoms with Gasteiger partial charge in [0.05, 0.1) is 11.4 Å². The van der Waals surface area contributed by atoms with Crippen LogP contribution in [0.4, 0.5) is 4.79 Å². The molecule has 0 aliphatic carbocycles. The molecule has 2 aliphatic heterocycles. The van der Waals surface area contributed by atoms with E-state index in [0.717, 1.165) is 0 Å². The highest BCUT2D eigenvalue weighted by Gasteiger charge is 2.35. The topological polar surface area (TPSA) is 66.9 Å². The lowest BCUT2D eigenvalue weighted by molar-refractivity contribution is 0.134. The molecular formula is C14H17ClN2O4S. The van der Waals surface area contributed by atoms with Crippen LogP contribution in [0.2, 0.25) is 5.02 Å². The summed E-state index contributed by atoms with van der Waals surface area (Å²) >= 11 is 5.80. The predicted octanol–water partition coefficient (Wildman–Crippen LogP) is 1.95. The number of rotatable bonds is 3. The summed E-state index contributed by atoms with van der Waals surface area (Å²) in [6.07, 6.45) is 0.961. The average Bonchev–Trinajstić information content (AvgIpc) is 2.94. The Bertz CT molecular complexity index is 654. The summed E-state index contributed by atoms with van der Waals surface area (Å²) in [7, 11) is -3.50. The molecule has 8 heteroatoms. The lowest BCUT2D eigenvalue weighted by Gasteiger charge is -2.34. The Labute approximate surface area is 134 Å². The number of sulfonamides is 1. The molecule has 0 saturated carbocycles. The van der Waals surface area contributed by atoms with E-state index in [0.29, 0.717) is 44.1 Å². The van der Waals surface area contributed by atoms with E-state index in [9.17, 15) is 13.2 Å². The van der Waals surface area contributed by atoms with Gasteiger partial charge in [0.15, 0.2) is 0 Å². The largest absolute Gasteiger partial charge is 0.448 e. The third-order valence-electron chi connectivity index (χ3n) is 4.11. The van der Waals surface area contributed by atoms with Gasteiger partial charge in [-0.1, -0.05) is 11.6 Å². The first-order valence-electron chi connectivity index (χ1n) is 7.17. The smallest absolute Gasteiger partial charge is 0.410 e. The number of piperidine rings is 1. The van der Waals surface area contributed by atoms with Crippen molar-refractivity contribution in [3.05, 3.63) is 29.3 Å². The Morgan fingerprint density at radius 2 is 1.73 bits per heavy atom. The number of halogens is 1. The fraction of sp³-hybridized carbons (Fsp3) is 0.500. The maximum atomic E-state index is 12.6. The predicted molar refractivity (Wildman–Crippen MR) is 81.3 cm³/mol. The van der Waals surface area contributed by atoms with Crippen molar-refractivity contribution < 1.29 is 17.9 Å². The molecular weight excluding hydrogens is 328 g/mol. The molecule has 2 heterocycles. The molecule has 0 aromatic heterocycles. The standard InChI is InChI=1S/C14H17ClN2O4S/c15-11-1-3-13(4-2-11)22(19,20)16-7-5-12(6-8-16)17-9-10-21-14(17)18/h1-4,12H,5-10H2. The van der Waals surface area contributed by atoms with E-state index in [2.05, 4.69) is 0 Å². The third-order valence-corrected chi connectivity index (χ3v) is 6.27. The summed E-state index contributed by atoms with van der Waals surface area (Å²) in [5.74, 6) is 0. The summed E-state index contributed by atoms with van der Waals surface area (Å²) in [6, 6.07) is 6.23. The quantitative estimate of drug-likeness (QED) is 0.840. The van der Waals surface area contributed by atoms with Crippen molar-refractivity contribution in [2.45, 2.75) is 23.8 Å². The van der Waals surface area contributed by atoms with Crippen molar-refractivity contribution in [1.29, 1.82) is 0 Å². The van der Waals surface area contributed by atoms with E-state index in [-0.39, 0.29) is 17.0 Å². The minimum atomic E-state index is -3.50. The number of hydrogen-bond acceptors (Lipinski definition) is 4. The number of carbonyl (C=O) groups excluding carboxylic acids is 1. The first-order chi connectivity index (χ1) is 10.5. The zero-order valence-electron chi connectivity index (χ0n) is 11.9. The first-order valence-corrected chi connectivity index (χ1v) is 8.99. The van der Waals surface area contributed by atoms with Gasteiger partial charge in [-0.25, -0.2) is 13.2 Å². The normalized spacial score (nSPS) is 21.1. The maximum absolute atomic E-state index is 12.6. The molecule has 1 amide bonds. The summed E-state index contributed by atoms with van der Waals surface area (Å²) in [6.45, 7) is 1.81. The molecule has 0 unspecified atom stereocenters. The summed E-state index contributed by atoms with van der Waals surface area (Å²) in [5.41, 5.74) is 0. The number of carbonyl (C=O) groups is 1. The average molecular weight is 345 g/mol. The highest BCUT2D eigenvalue weighted by molar-refractivity contribution is 7.89. The molecule has 0 N–H and O–H groups in total. The Morgan fingerprint density at radius 1 is 1.09 bits per heavy atom. The molecule has 2 saturated heterocycles. The first kappa shape index (κ1) is 15.6. The van der Waals surface area contributed by atoms with Crippen LogP contribution in [0.15, 0.2) is 29.2 Å². The number of hydrogen-bond donors (Lipinski definition) is 0. The molecule has 0 atom stereocenters. The van der Waals surface area contributed by atoms with Crippen LogP contribution in [0.3, 0.4) is 0 Å². The van der Waals surface area contributed by atoms with E-state index < -0.39 is 10.0 Å². The number of cyclic esters (lactones) is 1. The molecule has 6 nitrogen and oxygen atoms in total. The molecule has 2 fully saturated rings. The molecule has 1 aromatic rings. The minimum Gasteiger partial charge on any atom is -0.448 e. The SMILES string of the molecule is O=C1OCCN1C1CCN(S(=O)(=O)c2ccc(Cl)cc2)CC1. The molecule has 1 aromatic carbocycles. The molecule has 3 rings (SSSR count). The van der Waals surface area contributed by atoms with Crippen molar-refractivity contribution in [3.63, 3.8) is 0 Å². The molecule has 120 valence electrons. The van der Waals surface area contributed by atoms with Gasteiger partial charge < -0.3 is 9.64 Å². The zero-order valence-corrected chi connectivity index (χ0v) is 13.5. The van der Waals surface area contributed by atoms with Crippen molar-refractivity contribution in [1.82, 2.24) is 9.21 Å². The van der Waals surface area contributed by atoms with Crippen molar-refractivity contribution in [3.8, 4) is 0 Å². The van der Waals surface area contributed by atoms with Crippen molar-refractivity contribution >= 4 is 27.7 Å². The highest BCUT2D eigenvalue weighted by Crippen LogP contribution is 2.25. The second-order valence-corrected chi connectivity index (χ2v) is 7.77. The van der Waals surface area contributed by atoms with Crippen LogP contribution in [0.25, 0.3) is 0 Å². The van der Waals surface area contributed by atoms with Gasteiger partial charge in [0.25, 0.3) is 0 Å². The van der Waals surface area contributed by atoms with E-state index in [4.69, 9.17) is 16.3 Å². The van der Waals surface area contributed by atoms with Crippen LogP contribution < -0.4 is 0 Å². The van der Waals surface area contributed by atoms with E-state index in [1.165, 1.54) is 16.4 Å². The second-order valence-electron chi connectivity index (χ2n) is 5.40. The minimum absolute atomic E-state index is 0.0617. The van der Waals surface area contributed by atoms with Crippen molar-refractivity contribution in [2.75, 3.05) is 26.2 Å². The summed E-state index contributed by atoms with van der Waals surface area (Å²) < 4.78 is 31.5. The van der Waals surface area contributed by atoms with Gasteiger partial charge in [-0.15, -0.1) is 0 Å². The van der Waals surface area contributed by atoms with Gasteiger partial charge in [-0.2, -0.15) is 4.31 Å². The maximum Gasteiger partial charge on any atom is 0.410 e. The zero-order chi connectivity index (χ0) is 15.7. The van der Waals surface area contributed by atoms with E-state index >= 15 is 0 Å².